The van der Waals surface area contributed by atoms with Crippen LogP contribution < -0.4 is 10.1 Å². The third kappa shape index (κ3) is 11.9. The molecule has 4 rings (SSSR count). The van der Waals surface area contributed by atoms with Gasteiger partial charge in [-0.15, -0.1) is 0 Å². The van der Waals surface area contributed by atoms with Crippen molar-refractivity contribution in [2.75, 3.05) is 19.8 Å². The van der Waals surface area contributed by atoms with Crippen molar-refractivity contribution in [2.24, 2.45) is 5.92 Å². The lowest BCUT2D eigenvalue weighted by molar-refractivity contribution is -0.145. The number of amides is 2. The van der Waals surface area contributed by atoms with Crippen molar-refractivity contribution in [3.8, 4) is 5.75 Å². The van der Waals surface area contributed by atoms with Crippen LogP contribution in [0.15, 0.2) is 97.1 Å². The van der Waals surface area contributed by atoms with E-state index in [0.29, 0.717) is 32.4 Å². The zero-order chi connectivity index (χ0) is 31.7. The number of rotatable bonds is 11. The van der Waals surface area contributed by atoms with Crippen LogP contribution in [0.5, 0.6) is 5.75 Å². The fraction of sp³-hybridized carbons (Fsp3) is 0.378. The summed E-state index contributed by atoms with van der Waals surface area (Å²) in [6, 6.07) is 26.7. The Labute approximate surface area is 266 Å². The number of nitrogens with one attached hydrogen (secondary N) is 1. The highest BCUT2D eigenvalue weighted by Crippen LogP contribution is 2.19. The molecular formula is C37H44N2O6. The maximum atomic E-state index is 13.7. The molecule has 0 aromatic heterocycles. The summed E-state index contributed by atoms with van der Waals surface area (Å²) in [5, 5.41) is 12.7. The minimum absolute atomic E-state index is 0.00294. The van der Waals surface area contributed by atoms with Crippen molar-refractivity contribution in [3.63, 3.8) is 0 Å². The van der Waals surface area contributed by atoms with E-state index in [-0.39, 0.29) is 44.0 Å². The molecule has 3 aromatic carbocycles. The monoisotopic (exact) mass is 612 g/mol. The van der Waals surface area contributed by atoms with Gasteiger partial charge >= 0.3 is 5.97 Å². The predicted octanol–water partition coefficient (Wildman–Crippen LogP) is 5.38. The van der Waals surface area contributed by atoms with E-state index in [1.807, 2.05) is 97.1 Å². The van der Waals surface area contributed by atoms with Gasteiger partial charge in [0, 0.05) is 25.9 Å². The highest BCUT2D eigenvalue weighted by molar-refractivity contribution is 5.86. The Kier molecular flexibility index (Phi) is 13.7. The number of carbonyl (C=O) groups is 3. The van der Waals surface area contributed by atoms with Gasteiger partial charge in [-0.3, -0.25) is 14.4 Å². The summed E-state index contributed by atoms with van der Waals surface area (Å²) >= 11 is 0. The first-order valence-electron chi connectivity index (χ1n) is 15.8. The Morgan fingerprint density at radius 1 is 0.889 bits per heavy atom. The van der Waals surface area contributed by atoms with Gasteiger partial charge in [0.15, 0.2) is 0 Å². The summed E-state index contributed by atoms with van der Waals surface area (Å²) < 4.78 is 11.5. The quantitative estimate of drug-likeness (QED) is 0.223. The summed E-state index contributed by atoms with van der Waals surface area (Å²) in [6.45, 7) is 0.872. The summed E-state index contributed by atoms with van der Waals surface area (Å²) in [7, 11) is 0. The Bertz CT molecular complexity index is 1360. The van der Waals surface area contributed by atoms with Crippen LogP contribution in [0.1, 0.15) is 55.2 Å². The third-order valence-corrected chi connectivity index (χ3v) is 7.77. The lowest BCUT2D eigenvalue weighted by Gasteiger charge is -2.26. The Hall–Kier alpha value is -4.43. The van der Waals surface area contributed by atoms with Crippen LogP contribution in [0.4, 0.5) is 0 Å². The van der Waals surface area contributed by atoms with Gasteiger partial charge in [0.25, 0.3) is 0 Å². The van der Waals surface area contributed by atoms with Gasteiger partial charge in [-0.2, -0.15) is 0 Å². The molecule has 8 nitrogen and oxygen atoms in total. The first kappa shape index (κ1) is 33.5. The lowest BCUT2D eigenvalue weighted by Crippen LogP contribution is -2.44. The number of nitrogens with zero attached hydrogens (tertiary/aromatic N) is 1. The Morgan fingerprint density at radius 3 is 2.31 bits per heavy atom. The fourth-order valence-electron chi connectivity index (χ4n) is 5.23. The molecule has 0 radical (unpaired) electrons. The average molecular weight is 613 g/mol. The average Bonchev–Trinajstić information content (AvgIpc) is 3.06. The molecule has 0 saturated carbocycles. The van der Waals surface area contributed by atoms with Gasteiger partial charge in [0.05, 0.1) is 18.6 Å². The van der Waals surface area contributed by atoms with Crippen LogP contribution in [-0.4, -0.2) is 53.6 Å². The second-order valence-electron chi connectivity index (χ2n) is 11.4. The van der Waals surface area contributed by atoms with Gasteiger partial charge in [-0.25, -0.2) is 0 Å². The van der Waals surface area contributed by atoms with Gasteiger partial charge < -0.3 is 24.8 Å². The number of allylic oxidation sites excluding steroid dienone is 2. The van der Waals surface area contributed by atoms with E-state index in [9.17, 15) is 19.5 Å². The number of hydrogen-bond acceptors (Lipinski definition) is 6. The normalized spacial score (nSPS) is 17.9. The maximum Gasteiger partial charge on any atom is 0.305 e. The zero-order valence-electron chi connectivity index (χ0n) is 25.8. The molecule has 8 heteroatoms. The van der Waals surface area contributed by atoms with Crippen molar-refractivity contribution in [2.45, 2.75) is 64.1 Å². The largest absolute Gasteiger partial charge is 0.489 e. The first-order valence-corrected chi connectivity index (χ1v) is 15.8. The molecule has 1 heterocycles. The SMILES string of the molecule is O=C1CCCCC=CCC(CC(=O)N(CCO)Cc2ccccc2)C(=O)NC(Cc2ccc(OCc3ccccc3)cc2)CO1. The molecule has 45 heavy (non-hydrogen) atoms. The number of benzene rings is 3. The van der Waals surface area contributed by atoms with Crippen LogP contribution >= 0.6 is 0 Å². The second kappa shape index (κ2) is 18.4. The van der Waals surface area contributed by atoms with Crippen molar-refractivity contribution >= 4 is 17.8 Å². The molecule has 0 bridgehead atoms. The molecule has 0 aliphatic carbocycles. The number of carbonyl (C=O) groups excluding carboxylic acids is 3. The van der Waals surface area contributed by atoms with Crippen molar-refractivity contribution in [1.29, 1.82) is 0 Å². The number of hydrogen-bond donors (Lipinski definition) is 2. The third-order valence-electron chi connectivity index (χ3n) is 7.77. The van der Waals surface area contributed by atoms with Crippen LogP contribution in [0, 0.1) is 5.92 Å². The van der Waals surface area contributed by atoms with E-state index in [4.69, 9.17) is 9.47 Å². The van der Waals surface area contributed by atoms with Gasteiger partial charge in [-0.05, 0) is 60.9 Å². The maximum absolute atomic E-state index is 13.7. The van der Waals surface area contributed by atoms with Crippen LogP contribution in [0.2, 0.25) is 0 Å². The fourth-order valence-corrected chi connectivity index (χ4v) is 5.23. The van der Waals surface area contributed by atoms with Crippen molar-refractivity contribution < 1.29 is 29.0 Å². The van der Waals surface area contributed by atoms with Crippen LogP contribution in [0.25, 0.3) is 0 Å². The van der Waals surface area contributed by atoms with Crippen LogP contribution in [0.3, 0.4) is 0 Å². The van der Waals surface area contributed by atoms with E-state index >= 15 is 0 Å². The molecule has 0 spiro atoms. The molecule has 0 saturated heterocycles. The summed E-state index contributed by atoms with van der Waals surface area (Å²) in [5.74, 6) is -0.626. The molecule has 2 N–H and O–H groups in total. The lowest BCUT2D eigenvalue weighted by atomic mass is 9.97. The molecule has 1 aliphatic heterocycles. The van der Waals surface area contributed by atoms with Crippen molar-refractivity contribution in [3.05, 3.63) is 114 Å². The zero-order valence-corrected chi connectivity index (χ0v) is 25.8. The molecule has 3 aromatic rings. The molecular weight excluding hydrogens is 568 g/mol. The predicted molar refractivity (Wildman–Crippen MR) is 173 cm³/mol. The molecule has 1 aliphatic rings. The molecule has 238 valence electrons. The van der Waals surface area contributed by atoms with E-state index < -0.39 is 12.0 Å². The molecule has 2 amide bonds. The number of aliphatic hydroxyl groups excluding tert-OH is 1. The number of cyclic esters (lactones) is 1. The first-order chi connectivity index (χ1) is 22.0. The standard InChI is InChI=1S/C37H44N2O6/c40-23-22-39(26-30-12-6-4-7-13-30)35(41)25-32-16-10-2-1-3-11-17-36(42)45-28-33(38-37(32)43)24-29-18-20-34(21-19-29)44-27-31-14-8-5-9-15-31/h2,4-10,12-15,18-21,32-33,40H,1,3,11,16-17,22-28H2,(H,38,43). The van der Waals surface area contributed by atoms with Gasteiger partial charge in [0.1, 0.15) is 19.0 Å². The van der Waals surface area contributed by atoms with E-state index in [1.54, 1.807) is 4.90 Å². The smallest absolute Gasteiger partial charge is 0.305 e. The topological polar surface area (TPSA) is 105 Å². The molecule has 0 fully saturated rings. The van der Waals surface area contributed by atoms with E-state index in [1.165, 1.54) is 0 Å². The Balaban J connectivity index is 1.44. The number of esters is 1. The summed E-state index contributed by atoms with van der Waals surface area (Å²) in [4.78, 5) is 41.2. The Morgan fingerprint density at radius 2 is 1.60 bits per heavy atom. The summed E-state index contributed by atoms with van der Waals surface area (Å²) in [6.07, 6.45) is 7.51. The second-order valence-corrected chi connectivity index (χ2v) is 11.4. The van der Waals surface area contributed by atoms with Crippen LogP contribution in [-0.2, 0) is 38.7 Å². The minimum atomic E-state index is -0.611. The highest BCUT2D eigenvalue weighted by atomic mass is 16.5. The van der Waals surface area contributed by atoms with Crippen molar-refractivity contribution in [1.82, 2.24) is 10.2 Å². The highest BCUT2D eigenvalue weighted by Gasteiger charge is 2.27. The molecule has 2 unspecified atom stereocenters. The number of aliphatic hydroxyl groups is 1. The molecule has 2 atom stereocenters. The number of ether oxygens (including phenoxy) is 2. The minimum Gasteiger partial charge on any atom is -0.489 e. The summed E-state index contributed by atoms with van der Waals surface area (Å²) in [5.41, 5.74) is 2.98. The van der Waals surface area contributed by atoms with Gasteiger partial charge in [-0.1, -0.05) is 84.9 Å². The van der Waals surface area contributed by atoms with E-state index in [2.05, 4.69) is 5.32 Å². The van der Waals surface area contributed by atoms with E-state index in [0.717, 1.165) is 41.7 Å². The van der Waals surface area contributed by atoms with Gasteiger partial charge in [0.2, 0.25) is 11.8 Å².